The van der Waals surface area contributed by atoms with Crippen molar-refractivity contribution in [1.29, 1.82) is 0 Å². The molecule has 1 aliphatic rings. The fourth-order valence-corrected chi connectivity index (χ4v) is 4.04. The second kappa shape index (κ2) is 10.2. The normalized spacial score (nSPS) is 16.7. The number of anilines is 1. The summed E-state index contributed by atoms with van der Waals surface area (Å²) in [5.74, 6) is -2.72. The minimum absolute atomic E-state index is 0.0334. The van der Waals surface area contributed by atoms with Crippen molar-refractivity contribution in [2.24, 2.45) is 0 Å². The number of nitro benzene ring substituents is 1. The number of Topliss-reactive ketones (excluding diaryl/α,β-unsaturated/α-hetero) is 1. The van der Waals surface area contributed by atoms with Gasteiger partial charge in [-0.3, -0.25) is 34.4 Å². The van der Waals surface area contributed by atoms with Gasteiger partial charge in [-0.1, -0.05) is 24.3 Å². The maximum atomic E-state index is 13.2. The summed E-state index contributed by atoms with van der Waals surface area (Å²) < 4.78 is 4.96. The van der Waals surface area contributed by atoms with Crippen LogP contribution in [-0.2, 0) is 25.5 Å². The summed E-state index contributed by atoms with van der Waals surface area (Å²) in [6.07, 6.45) is 3.03. The molecule has 182 valence electrons. The quantitative estimate of drug-likeness (QED) is 0.133. The highest BCUT2D eigenvalue weighted by Crippen LogP contribution is 2.42. The van der Waals surface area contributed by atoms with Crippen molar-refractivity contribution in [1.82, 2.24) is 4.98 Å². The molecule has 1 amide bonds. The van der Waals surface area contributed by atoms with Gasteiger partial charge in [-0.15, -0.1) is 0 Å². The Morgan fingerprint density at radius 2 is 1.81 bits per heavy atom. The zero-order valence-electron chi connectivity index (χ0n) is 19.2. The summed E-state index contributed by atoms with van der Waals surface area (Å²) in [7, 11) is 0. The van der Waals surface area contributed by atoms with E-state index >= 15 is 0 Å². The number of aromatic nitrogens is 1. The molecule has 4 rings (SSSR count). The molecule has 10 heteroatoms. The molecular weight excluding hydrogens is 466 g/mol. The second-order valence-electron chi connectivity index (χ2n) is 7.91. The zero-order valence-corrected chi connectivity index (χ0v) is 19.2. The number of rotatable bonds is 7. The Labute approximate surface area is 205 Å². The van der Waals surface area contributed by atoms with E-state index in [1.54, 1.807) is 43.3 Å². The van der Waals surface area contributed by atoms with Gasteiger partial charge < -0.3 is 9.84 Å². The fourth-order valence-electron chi connectivity index (χ4n) is 4.04. The molecule has 0 bridgehead atoms. The third kappa shape index (κ3) is 4.69. The third-order valence-electron chi connectivity index (χ3n) is 5.66. The number of benzene rings is 2. The van der Waals surface area contributed by atoms with Crippen molar-refractivity contribution in [3.05, 3.63) is 105 Å². The second-order valence-corrected chi connectivity index (χ2v) is 7.91. The fraction of sp³-hybridized carbons (Fsp3) is 0.154. The molecule has 2 aromatic carbocycles. The molecule has 1 aromatic heterocycles. The van der Waals surface area contributed by atoms with Crippen LogP contribution in [0.5, 0.6) is 0 Å². The number of ether oxygens (including phenoxy) is 1. The number of aliphatic hydroxyl groups excluding tert-OH is 1. The van der Waals surface area contributed by atoms with E-state index in [4.69, 9.17) is 4.74 Å². The average molecular weight is 487 g/mol. The first kappa shape index (κ1) is 24.3. The summed E-state index contributed by atoms with van der Waals surface area (Å²) >= 11 is 0. The van der Waals surface area contributed by atoms with Gasteiger partial charge >= 0.3 is 5.97 Å². The Morgan fingerprint density at radius 3 is 2.44 bits per heavy atom. The van der Waals surface area contributed by atoms with Gasteiger partial charge in [0.1, 0.15) is 5.76 Å². The number of amides is 1. The standard InChI is InChI=1S/C26H21N3O7/c1-2-36-21(30)14-16-6-8-19(9-7-16)28-23(17-10-12-27-13-11-17)22(25(32)26(28)33)24(31)18-4-3-5-20(15-18)29(34)35/h3-13,15,23,31H,2,14H2,1H3/b24-22-. The molecule has 10 nitrogen and oxygen atoms in total. The molecule has 2 heterocycles. The number of nitro groups is 1. The molecule has 0 spiro atoms. The number of nitrogens with zero attached hydrogens (tertiary/aromatic N) is 3. The molecule has 36 heavy (non-hydrogen) atoms. The van der Waals surface area contributed by atoms with Crippen LogP contribution in [-0.4, -0.2) is 39.3 Å². The number of non-ortho nitro benzene ring substituents is 1. The molecule has 0 saturated carbocycles. The highest BCUT2D eigenvalue weighted by Gasteiger charge is 2.47. The van der Waals surface area contributed by atoms with Crippen LogP contribution in [0.15, 0.2) is 78.6 Å². The maximum Gasteiger partial charge on any atom is 0.310 e. The topological polar surface area (TPSA) is 140 Å². The summed E-state index contributed by atoms with van der Waals surface area (Å²) in [4.78, 5) is 54.0. The monoisotopic (exact) mass is 487 g/mol. The minimum atomic E-state index is -1.01. The van der Waals surface area contributed by atoms with E-state index in [2.05, 4.69) is 4.98 Å². The molecule has 1 saturated heterocycles. The Hall–Kier alpha value is -4.86. The van der Waals surface area contributed by atoms with Gasteiger partial charge in [0.25, 0.3) is 17.4 Å². The molecule has 1 unspecified atom stereocenters. The Bertz CT molecular complexity index is 1370. The Balaban J connectivity index is 1.81. The SMILES string of the molecule is CCOC(=O)Cc1ccc(N2C(=O)C(=O)/C(=C(\O)c3cccc([N+](=O)[O-])c3)C2c2ccncc2)cc1. The number of ketones is 1. The molecular formula is C26H21N3O7. The zero-order chi connectivity index (χ0) is 25.8. The van der Waals surface area contributed by atoms with Crippen LogP contribution in [0.25, 0.3) is 5.76 Å². The molecule has 1 fully saturated rings. The van der Waals surface area contributed by atoms with Gasteiger partial charge in [-0.2, -0.15) is 0 Å². The summed E-state index contributed by atoms with van der Waals surface area (Å²) in [6.45, 7) is 1.97. The van der Waals surface area contributed by atoms with Crippen molar-refractivity contribution >= 4 is 34.8 Å². The number of hydrogen-bond acceptors (Lipinski definition) is 8. The van der Waals surface area contributed by atoms with Gasteiger partial charge in [0.15, 0.2) is 0 Å². The largest absolute Gasteiger partial charge is 0.507 e. The van der Waals surface area contributed by atoms with Crippen LogP contribution in [0.1, 0.15) is 29.7 Å². The van der Waals surface area contributed by atoms with Crippen molar-refractivity contribution < 1.29 is 29.2 Å². The van der Waals surface area contributed by atoms with E-state index in [9.17, 15) is 29.6 Å². The Morgan fingerprint density at radius 1 is 1.11 bits per heavy atom. The molecule has 0 radical (unpaired) electrons. The lowest BCUT2D eigenvalue weighted by atomic mass is 9.95. The van der Waals surface area contributed by atoms with Crippen LogP contribution in [0.4, 0.5) is 11.4 Å². The Kier molecular flexibility index (Phi) is 6.86. The van der Waals surface area contributed by atoms with Gasteiger partial charge in [-0.05, 0) is 42.3 Å². The lowest BCUT2D eigenvalue weighted by molar-refractivity contribution is -0.384. The van der Waals surface area contributed by atoms with Crippen molar-refractivity contribution in [2.75, 3.05) is 11.5 Å². The summed E-state index contributed by atoms with van der Waals surface area (Å²) in [6, 6.07) is 13.9. The van der Waals surface area contributed by atoms with Crippen LogP contribution in [0.2, 0.25) is 0 Å². The van der Waals surface area contributed by atoms with E-state index in [0.717, 1.165) is 6.07 Å². The predicted molar refractivity (Wildman–Crippen MR) is 129 cm³/mol. The van der Waals surface area contributed by atoms with Crippen molar-refractivity contribution in [3.63, 3.8) is 0 Å². The van der Waals surface area contributed by atoms with E-state index in [1.165, 1.54) is 35.5 Å². The predicted octanol–water partition coefficient (Wildman–Crippen LogP) is 3.72. The summed E-state index contributed by atoms with van der Waals surface area (Å²) in [5.41, 5.74) is 1.08. The smallest absolute Gasteiger partial charge is 0.310 e. The first-order chi connectivity index (χ1) is 17.3. The highest BCUT2D eigenvalue weighted by atomic mass is 16.6. The molecule has 0 aliphatic carbocycles. The van der Waals surface area contributed by atoms with Crippen LogP contribution < -0.4 is 4.90 Å². The van der Waals surface area contributed by atoms with Crippen LogP contribution in [0.3, 0.4) is 0 Å². The van der Waals surface area contributed by atoms with Gasteiger partial charge in [-0.25, -0.2) is 0 Å². The number of hydrogen-bond donors (Lipinski definition) is 1. The van der Waals surface area contributed by atoms with Crippen molar-refractivity contribution in [2.45, 2.75) is 19.4 Å². The van der Waals surface area contributed by atoms with Gasteiger partial charge in [0.05, 0.1) is 29.6 Å². The van der Waals surface area contributed by atoms with Crippen LogP contribution >= 0.6 is 0 Å². The highest BCUT2D eigenvalue weighted by molar-refractivity contribution is 6.51. The number of pyridine rings is 1. The lowest BCUT2D eigenvalue weighted by Gasteiger charge is -2.25. The molecule has 1 atom stereocenters. The van der Waals surface area contributed by atoms with Crippen molar-refractivity contribution in [3.8, 4) is 0 Å². The van der Waals surface area contributed by atoms with E-state index in [1.807, 2.05) is 0 Å². The van der Waals surface area contributed by atoms with Gasteiger partial charge in [0.2, 0.25) is 0 Å². The number of carbonyl (C=O) groups excluding carboxylic acids is 3. The number of esters is 1. The average Bonchev–Trinajstić information content (AvgIpc) is 3.15. The molecule has 3 aromatic rings. The number of carbonyl (C=O) groups is 3. The van der Waals surface area contributed by atoms with E-state index in [-0.39, 0.29) is 35.8 Å². The molecule has 1 N–H and O–H groups in total. The lowest BCUT2D eigenvalue weighted by Crippen LogP contribution is -2.29. The van der Waals surface area contributed by atoms with Gasteiger partial charge in [0, 0.05) is 35.8 Å². The minimum Gasteiger partial charge on any atom is -0.507 e. The maximum absolute atomic E-state index is 13.2. The van der Waals surface area contributed by atoms with Crippen LogP contribution in [0, 0.1) is 10.1 Å². The molecule has 1 aliphatic heterocycles. The summed E-state index contributed by atoms with van der Waals surface area (Å²) in [5, 5.41) is 22.3. The third-order valence-corrected chi connectivity index (χ3v) is 5.66. The number of aliphatic hydroxyl groups is 1. The van der Waals surface area contributed by atoms with E-state index in [0.29, 0.717) is 16.8 Å². The first-order valence-corrected chi connectivity index (χ1v) is 11.0. The first-order valence-electron chi connectivity index (χ1n) is 11.0. The van der Waals surface area contributed by atoms with E-state index < -0.39 is 28.4 Å².